The molecular formula is C17H27N3O2. The number of likely N-dealkylation sites (tertiary alicyclic amines) is 1. The van der Waals surface area contributed by atoms with Crippen molar-refractivity contribution in [2.24, 2.45) is 5.41 Å². The molecule has 0 aliphatic carbocycles. The Bertz CT molecular complexity index is 502. The maximum Gasteiger partial charge on any atom is 0.321 e. The van der Waals surface area contributed by atoms with E-state index < -0.39 is 0 Å². The second-order valence-electron chi connectivity index (χ2n) is 6.34. The first-order valence-electron chi connectivity index (χ1n) is 7.94. The lowest BCUT2D eigenvalue weighted by atomic mass is 9.77. The Morgan fingerprint density at radius 3 is 2.50 bits per heavy atom. The van der Waals surface area contributed by atoms with Crippen molar-refractivity contribution in [3.05, 3.63) is 24.3 Å². The van der Waals surface area contributed by atoms with Crippen LogP contribution in [0.5, 0.6) is 0 Å². The standard InChI is InChI=1S/C17H27N3O2/c1-4-17(13-21)9-11-20(12-10-17)16(22)18-14-7-5-6-8-15(14)19(2)3/h5-8,21H,4,9-13H2,1-3H3,(H,18,22). The molecule has 122 valence electrons. The van der Waals surface area contributed by atoms with Crippen LogP contribution in [0.4, 0.5) is 16.2 Å². The average Bonchev–Trinajstić information content (AvgIpc) is 2.55. The van der Waals surface area contributed by atoms with Crippen molar-refractivity contribution in [2.45, 2.75) is 26.2 Å². The number of nitrogens with zero attached hydrogens (tertiary/aromatic N) is 2. The van der Waals surface area contributed by atoms with Gasteiger partial charge in [0, 0.05) is 33.8 Å². The summed E-state index contributed by atoms with van der Waals surface area (Å²) in [6.07, 6.45) is 2.69. The highest BCUT2D eigenvalue weighted by atomic mass is 16.3. The maximum atomic E-state index is 12.5. The Kier molecular flexibility index (Phi) is 5.29. The number of aliphatic hydroxyl groups excluding tert-OH is 1. The van der Waals surface area contributed by atoms with Crippen LogP contribution in [0.2, 0.25) is 0 Å². The summed E-state index contributed by atoms with van der Waals surface area (Å²) in [7, 11) is 3.92. The molecule has 1 saturated heterocycles. The quantitative estimate of drug-likeness (QED) is 0.899. The van der Waals surface area contributed by atoms with E-state index in [9.17, 15) is 9.90 Å². The minimum atomic E-state index is -0.0584. The van der Waals surface area contributed by atoms with E-state index in [4.69, 9.17) is 0 Å². The van der Waals surface area contributed by atoms with Crippen LogP contribution in [0.25, 0.3) is 0 Å². The molecule has 0 saturated carbocycles. The van der Waals surface area contributed by atoms with E-state index in [0.717, 1.165) is 30.6 Å². The number of rotatable bonds is 4. The fraction of sp³-hybridized carbons (Fsp3) is 0.588. The number of carbonyl (C=O) groups excluding carboxylic acids is 1. The normalized spacial score (nSPS) is 17.2. The third kappa shape index (κ3) is 3.53. The first-order chi connectivity index (χ1) is 10.5. The van der Waals surface area contributed by atoms with Crippen LogP contribution in [-0.4, -0.2) is 49.8 Å². The lowest BCUT2D eigenvalue weighted by Gasteiger charge is -2.40. The van der Waals surface area contributed by atoms with Crippen molar-refractivity contribution in [2.75, 3.05) is 44.0 Å². The van der Waals surface area contributed by atoms with Crippen molar-refractivity contribution in [3.63, 3.8) is 0 Å². The molecule has 0 radical (unpaired) electrons. The third-order valence-corrected chi connectivity index (χ3v) is 4.82. The highest BCUT2D eigenvalue weighted by Crippen LogP contribution is 2.34. The molecule has 2 N–H and O–H groups in total. The highest BCUT2D eigenvalue weighted by Gasteiger charge is 2.33. The Labute approximate surface area is 132 Å². The number of para-hydroxylation sites is 2. The van der Waals surface area contributed by atoms with Crippen LogP contribution in [-0.2, 0) is 0 Å². The lowest BCUT2D eigenvalue weighted by Crippen LogP contribution is -2.46. The minimum absolute atomic E-state index is 0.00166. The van der Waals surface area contributed by atoms with Crippen LogP contribution < -0.4 is 10.2 Å². The zero-order valence-electron chi connectivity index (χ0n) is 13.8. The zero-order chi connectivity index (χ0) is 16.2. The first kappa shape index (κ1) is 16.6. The van der Waals surface area contributed by atoms with Crippen LogP contribution in [0.1, 0.15) is 26.2 Å². The van der Waals surface area contributed by atoms with Gasteiger partial charge < -0.3 is 20.2 Å². The van der Waals surface area contributed by atoms with Crippen LogP contribution in [0, 0.1) is 5.41 Å². The van der Waals surface area contributed by atoms with Gasteiger partial charge >= 0.3 is 6.03 Å². The van der Waals surface area contributed by atoms with E-state index in [1.54, 1.807) is 0 Å². The molecule has 0 unspecified atom stereocenters. The summed E-state index contributed by atoms with van der Waals surface area (Å²) in [4.78, 5) is 16.3. The van der Waals surface area contributed by atoms with E-state index in [1.807, 2.05) is 48.2 Å². The summed E-state index contributed by atoms with van der Waals surface area (Å²) >= 11 is 0. The number of carbonyl (C=O) groups is 1. The summed E-state index contributed by atoms with van der Waals surface area (Å²) in [5.74, 6) is 0. The van der Waals surface area contributed by atoms with E-state index in [-0.39, 0.29) is 18.1 Å². The number of amides is 2. The number of benzene rings is 1. The molecule has 1 aromatic rings. The second kappa shape index (κ2) is 7.01. The number of nitrogens with one attached hydrogen (secondary N) is 1. The lowest BCUT2D eigenvalue weighted by molar-refractivity contribution is 0.0542. The van der Waals surface area contributed by atoms with Crippen molar-refractivity contribution in [1.29, 1.82) is 0 Å². The third-order valence-electron chi connectivity index (χ3n) is 4.82. The van der Waals surface area contributed by atoms with Crippen molar-refractivity contribution in [1.82, 2.24) is 4.90 Å². The second-order valence-corrected chi connectivity index (χ2v) is 6.34. The Morgan fingerprint density at radius 2 is 1.95 bits per heavy atom. The zero-order valence-corrected chi connectivity index (χ0v) is 13.8. The van der Waals surface area contributed by atoms with Gasteiger partial charge in [-0.25, -0.2) is 4.79 Å². The number of piperidine rings is 1. The van der Waals surface area contributed by atoms with Gasteiger partial charge in [0.1, 0.15) is 0 Å². The van der Waals surface area contributed by atoms with E-state index in [1.165, 1.54) is 0 Å². The van der Waals surface area contributed by atoms with E-state index in [2.05, 4.69) is 12.2 Å². The molecule has 1 aliphatic heterocycles. The molecule has 0 atom stereocenters. The predicted molar refractivity (Wildman–Crippen MR) is 90.4 cm³/mol. The van der Waals surface area contributed by atoms with Gasteiger partial charge in [0.25, 0.3) is 0 Å². The van der Waals surface area contributed by atoms with Gasteiger partial charge in [0.05, 0.1) is 11.4 Å². The number of urea groups is 1. The monoisotopic (exact) mass is 305 g/mol. The number of hydrogen-bond donors (Lipinski definition) is 2. The Morgan fingerprint density at radius 1 is 1.32 bits per heavy atom. The largest absolute Gasteiger partial charge is 0.396 e. The molecule has 0 spiro atoms. The summed E-state index contributed by atoms with van der Waals surface area (Å²) < 4.78 is 0. The molecule has 5 heteroatoms. The van der Waals surface area contributed by atoms with Crippen molar-refractivity contribution >= 4 is 17.4 Å². The molecular weight excluding hydrogens is 278 g/mol. The average molecular weight is 305 g/mol. The fourth-order valence-corrected chi connectivity index (χ4v) is 2.97. The van der Waals surface area contributed by atoms with E-state index in [0.29, 0.717) is 13.1 Å². The van der Waals surface area contributed by atoms with Gasteiger partial charge in [-0.1, -0.05) is 19.1 Å². The fourth-order valence-electron chi connectivity index (χ4n) is 2.97. The smallest absolute Gasteiger partial charge is 0.321 e. The molecule has 1 fully saturated rings. The predicted octanol–water partition coefficient (Wildman–Crippen LogP) is 2.77. The SMILES string of the molecule is CCC1(CO)CCN(C(=O)Nc2ccccc2N(C)C)CC1. The number of aliphatic hydroxyl groups is 1. The van der Waals surface area contributed by atoms with Gasteiger partial charge in [-0.05, 0) is 36.8 Å². The summed E-state index contributed by atoms with van der Waals surface area (Å²) in [6, 6.07) is 7.73. The van der Waals surface area contributed by atoms with Gasteiger partial charge in [0.15, 0.2) is 0 Å². The summed E-state index contributed by atoms with van der Waals surface area (Å²) in [6.45, 7) is 3.72. The van der Waals surface area contributed by atoms with Gasteiger partial charge in [0.2, 0.25) is 0 Å². The summed E-state index contributed by atoms with van der Waals surface area (Å²) in [5.41, 5.74) is 1.82. The Balaban J connectivity index is 2.00. The van der Waals surface area contributed by atoms with Crippen LogP contribution >= 0.6 is 0 Å². The van der Waals surface area contributed by atoms with Gasteiger partial charge in [-0.3, -0.25) is 0 Å². The van der Waals surface area contributed by atoms with E-state index >= 15 is 0 Å². The summed E-state index contributed by atoms with van der Waals surface area (Å²) in [5, 5.41) is 12.6. The first-order valence-corrected chi connectivity index (χ1v) is 7.94. The molecule has 0 bridgehead atoms. The van der Waals surface area contributed by atoms with Crippen LogP contribution in [0.15, 0.2) is 24.3 Å². The molecule has 1 aromatic carbocycles. The molecule has 2 amide bonds. The number of hydrogen-bond acceptors (Lipinski definition) is 3. The highest BCUT2D eigenvalue weighted by molar-refractivity contribution is 5.93. The molecule has 22 heavy (non-hydrogen) atoms. The molecule has 1 heterocycles. The molecule has 2 rings (SSSR count). The van der Waals surface area contributed by atoms with Crippen LogP contribution in [0.3, 0.4) is 0 Å². The molecule has 1 aliphatic rings. The van der Waals surface area contributed by atoms with Crippen molar-refractivity contribution in [3.8, 4) is 0 Å². The topological polar surface area (TPSA) is 55.8 Å². The van der Waals surface area contributed by atoms with Gasteiger partial charge in [-0.15, -0.1) is 0 Å². The maximum absolute atomic E-state index is 12.5. The molecule has 5 nitrogen and oxygen atoms in total. The Hall–Kier alpha value is -1.75. The van der Waals surface area contributed by atoms with Gasteiger partial charge in [-0.2, -0.15) is 0 Å². The minimum Gasteiger partial charge on any atom is -0.396 e. The number of anilines is 2. The van der Waals surface area contributed by atoms with Crippen molar-refractivity contribution < 1.29 is 9.90 Å². The molecule has 0 aromatic heterocycles.